The molecule has 9 heteroatoms. The Morgan fingerprint density at radius 1 is 0.356 bits per heavy atom. The van der Waals surface area contributed by atoms with E-state index >= 15 is 0 Å². The first-order chi connectivity index (χ1) is 22.0. The lowest BCUT2D eigenvalue weighted by atomic mass is 10.2. The topological polar surface area (TPSA) is 141 Å². The van der Waals surface area contributed by atoms with Gasteiger partial charge >= 0.3 is 0 Å². The van der Waals surface area contributed by atoms with Crippen molar-refractivity contribution in [3.05, 3.63) is 133 Å². The zero-order chi connectivity index (χ0) is 31.2. The fourth-order valence-electron chi connectivity index (χ4n) is 4.39. The van der Waals surface area contributed by atoms with E-state index in [-0.39, 0.29) is 22.9 Å². The molecule has 0 aliphatic rings. The van der Waals surface area contributed by atoms with Crippen LogP contribution in [0.2, 0.25) is 0 Å². The van der Waals surface area contributed by atoms with Crippen LogP contribution in [-0.4, -0.2) is 0 Å². The Kier molecular flexibility index (Phi) is 8.52. The first kappa shape index (κ1) is 29.2. The molecule has 0 bridgehead atoms. The van der Waals surface area contributed by atoms with Crippen LogP contribution in [0.25, 0.3) is 0 Å². The van der Waals surface area contributed by atoms with Crippen molar-refractivity contribution >= 4 is 34.5 Å². The SMILES string of the molecule is Nc1cc(Sc2cc(N)c(N)c(Oc3ccccc3)c2Oc2ccccc2)c(Oc2ccccc2)c(Oc2ccccc2)c1N. The summed E-state index contributed by atoms with van der Waals surface area (Å²) in [6.07, 6.45) is 0. The van der Waals surface area contributed by atoms with Crippen LogP contribution in [-0.2, 0) is 0 Å². The summed E-state index contributed by atoms with van der Waals surface area (Å²) in [4.78, 5) is 1.17. The first-order valence-corrected chi connectivity index (χ1v) is 14.8. The second-order valence-corrected chi connectivity index (χ2v) is 10.9. The standard InChI is InChI=1S/C36H30N4O4S/c37-27-21-29(33(41-23-13-5-1-6-14-23)35(31(27)39)43-25-17-9-3-10-18-25)45-30-22-28(38)32(40)36(44-26-19-11-4-12-20-26)34(30)42-24-15-7-2-8-16-24/h1-22H,37-40H2. The summed E-state index contributed by atoms with van der Waals surface area (Å²) in [5, 5.41) is 0. The summed E-state index contributed by atoms with van der Waals surface area (Å²) >= 11 is 1.29. The molecule has 0 saturated carbocycles. The van der Waals surface area contributed by atoms with Gasteiger partial charge < -0.3 is 41.9 Å². The van der Waals surface area contributed by atoms with Crippen LogP contribution in [0.3, 0.4) is 0 Å². The molecule has 45 heavy (non-hydrogen) atoms. The minimum Gasteiger partial charge on any atom is -0.452 e. The Balaban J connectivity index is 1.52. The van der Waals surface area contributed by atoms with Crippen LogP contribution in [0, 0.1) is 0 Å². The molecule has 6 aromatic rings. The maximum absolute atomic E-state index is 6.51. The number of rotatable bonds is 10. The summed E-state index contributed by atoms with van der Waals surface area (Å²) in [5.74, 6) is 3.52. The second-order valence-electron chi connectivity index (χ2n) is 9.83. The molecule has 0 aliphatic heterocycles. The summed E-state index contributed by atoms with van der Waals surface area (Å²) in [6, 6.07) is 40.6. The molecule has 224 valence electrons. The van der Waals surface area contributed by atoms with E-state index in [4.69, 9.17) is 41.9 Å². The predicted octanol–water partition coefficient (Wildman–Crippen LogP) is 9.34. The van der Waals surface area contributed by atoms with Crippen molar-refractivity contribution in [2.24, 2.45) is 0 Å². The van der Waals surface area contributed by atoms with E-state index in [0.29, 0.717) is 55.7 Å². The molecule has 0 aromatic heterocycles. The molecular formula is C36H30N4O4S. The molecular weight excluding hydrogens is 584 g/mol. The van der Waals surface area contributed by atoms with Gasteiger partial charge in [0.2, 0.25) is 0 Å². The van der Waals surface area contributed by atoms with Gasteiger partial charge in [-0.15, -0.1) is 0 Å². The molecule has 0 radical (unpaired) electrons. The van der Waals surface area contributed by atoms with Gasteiger partial charge in [-0.05, 0) is 60.7 Å². The fraction of sp³-hybridized carbons (Fsp3) is 0. The number of para-hydroxylation sites is 4. The van der Waals surface area contributed by atoms with Gasteiger partial charge in [-0.3, -0.25) is 0 Å². The van der Waals surface area contributed by atoms with Gasteiger partial charge in [0.15, 0.2) is 23.0 Å². The van der Waals surface area contributed by atoms with E-state index in [1.807, 2.05) is 121 Å². The predicted molar refractivity (Wildman–Crippen MR) is 181 cm³/mol. The Hall–Kier alpha value is -5.93. The van der Waals surface area contributed by atoms with E-state index in [1.165, 1.54) is 11.8 Å². The Morgan fingerprint density at radius 2 is 0.622 bits per heavy atom. The molecule has 8 N–H and O–H groups in total. The number of nitrogens with two attached hydrogens (primary N) is 4. The third-order valence-electron chi connectivity index (χ3n) is 6.62. The second kappa shape index (κ2) is 13.2. The third-order valence-corrected chi connectivity index (χ3v) is 7.66. The Morgan fingerprint density at radius 3 is 0.911 bits per heavy atom. The van der Waals surface area contributed by atoms with Crippen LogP contribution in [0.1, 0.15) is 0 Å². The van der Waals surface area contributed by atoms with Crippen molar-refractivity contribution in [2.75, 3.05) is 22.9 Å². The van der Waals surface area contributed by atoms with Crippen LogP contribution >= 0.6 is 11.8 Å². The van der Waals surface area contributed by atoms with Gasteiger partial charge in [0.1, 0.15) is 34.4 Å². The van der Waals surface area contributed by atoms with Gasteiger partial charge in [0.25, 0.3) is 0 Å². The van der Waals surface area contributed by atoms with Crippen LogP contribution in [0.4, 0.5) is 22.7 Å². The smallest absolute Gasteiger partial charge is 0.196 e. The Bertz CT molecular complexity index is 1770. The molecule has 0 fully saturated rings. The largest absolute Gasteiger partial charge is 0.452 e. The van der Waals surface area contributed by atoms with E-state index in [1.54, 1.807) is 12.1 Å². The van der Waals surface area contributed by atoms with Crippen molar-refractivity contribution < 1.29 is 18.9 Å². The lowest BCUT2D eigenvalue weighted by Gasteiger charge is -2.22. The third kappa shape index (κ3) is 6.69. The van der Waals surface area contributed by atoms with Gasteiger partial charge in [-0.2, -0.15) is 0 Å². The number of nitrogen functional groups attached to an aromatic ring is 4. The highest BCUT2D eigenvalue weighted by Gasteiger charge is 2.25. The number of benzene rings is 6. The number of ether oxygens (including phenoxy) is 4. The van der Waals surface area contributed by atoms with Crippen molar-refractivity contribution in [3.63, 3.8) is 0 Å². The van der Waals surface area contributed by atoms with Crippen LogP contribution in [0.15, 0.2) is 143 Å². The average Bonchev–Trinajstić information content (AvgIpc) is 3.07. The maximum atomic E-state index is 6.51. The maximum Gasteiger partial charge on any atom is 0.196 e. The van der Waals surface area contributed by atoms with E-state index < -0.39 is 0 Å². The van der Waals surface area contributed by atoms with Gasteiger partial charge in [-0.25, -0.2) is 0 Å². The van der Waals surface area contributed by atoms with Crippen molar-refractivity contribution in [3.8, 4) is 46.0 Å². The van der Waals surface area contributed by atoms with E-state index in [0.717, 1.165) is 0 Å². The zero-order valence-electron chi connectivity index (χ0n) is 24.1. The highest BCUT2D eigenvalue weighted by molar-refractivity contribution is 7.99. The van der Waals surface area contributed by atoms with Gasteiger partial charge in [0, 0.05) is 0 Å². The molecule has 0 atom stereocenters. The van der Waals surface area contributed by atoms with Crippen molar-refractivity contribution in [2.45, 2.75) is 9.79 Å². The molecule has 0 aliphatic carbocycles. The number of hydrogen-bond acceptors (Lipinski definition) is 9. The summed E-state index contributed by atoms with van der Waals surface area (Å²) in [7, 11) is 0. The summed E-state index contributed by atoms with van der Waals surface area (Å²) in [5.41, 5.74) is 27.0. The molecule has 8 nitrogen and oxygen atoms in total. The number of anilines is 4. The average molecular weight is 615 g/mol. The molecule has 0 spiro atoms. The van der Waals surface area contributed by atoms with Crippen LogP contribution < -0.4 is 41.9 Å². The Labute approximate surface area is 265 Å². The van der Waals surface area contributed by atoms with Crippen molar-refractivity contribution in [1.82, 2.24) is 0 Å². The zero-order valence-corrected chi connectivity index (χ0v) is 24.9. The van der Waals surface area contributed by atoms with E-state index in [2.05, 4.69) is 0 Å². The molecule has 0 saturated heterocycles. The molecule has 0 amide bonds. The molecule has 6 aromatic carbocycles. The minimum absolute atomic E-state index is 0.236. The highest BCUT2D eigenvalue weighted by atomic mass is 32.2. The molecule has 0 heterocycles. The van der Waals surface area contributed by atoms with Crippen molar-refractivity contribution in [1.29, 1.82) is 0 Å². The van der Waals surface area contributed by atoms with E-state index in [9.17, 15) is 0 Å². The summed E-state index contributed by atoms with van der Waals surface area (Å²) < 4.78 is 25.5. The number of hydrogen-bond donors (Lipinski definition) is 4. The van der Waals surface area contributed by atoms with Gasteiger partial charge in [-0.1, -0.05) is 84.6 Å². The molecule has 0 unspecified atom stereocenters. The summed E-state index contributed by atoms with van der Waals surface area (Å²) in [6.45, 7) is 0. The monoisotopic (exact) mass is 614 g/mol. The lowest BCUT2D eigenvalue weighted by Crippen LogP contribution is -2.03. The quantitative estimate of drug-likeness (QED) is 0.111. The fourth-order valence-corrected chi connectivity index (χ4v) is 5.45. The molecule has 6 rings (SSSR count). The minimum atomic E-state index is 0.236. The normalized spacial score (nSPS) is 10.7. The lowest BCUT2D eigenvalue weighted by molar-refractivity contribution is 0.410. The first-order valence-electron chi connectivity index (χ1n) is 14.0. The van der Waals surface area contributed by atoms with Gasteiger partial charge in [0.05, 0.1) is 21.2 Å². The van der Waals surface area contributed by atoms with Crippen LogP contribution in [0.5, 0.6) is 46.0 Å². The highest BCUT2D eigenvalue weighted by Crippen LogP contribution is 2.55.